The molecule has 1 amide bonds. The zero-order valence-electron chi connectivity index (χ0n) is 14.4. The van der Waals surface area contributed by atoms with Gasteiger partial charge < -0.3 is 5.32 Å². The van der Waals surface area contributed by atoms with Gasteiger partial charge in [0, 0.05) is 11.4 Å². The molecule has 130 valence electrons. The number of nitrogens with zero attached hydrogens (tertiary/aromatic N) is 4. The maximum absolute atomic E-state index is 13.6. The van der Waals surface area contributed by atoms with Gasteiger partial charge in [0.2, 0.25) is 11.1 Å². The summed E-state index contributed by atoms with van der Waals surface area (Å²) < 4.78 is 15.3. The number of para-hydroxylation sites is 1. The zero-order chi connectivity index (χ0) is 18.1. The Kier molecular flexibility index (Phi) is 4.71. The fourth-order valence-electron chi connectivity index (χ4n) is 2.30. The van der Waals surface area contributed by atoms with Gasteiger partial charge in [-0.3, -0.25) is 4.79 Å². The fourth-order valence-corrected chi connectivity index (χ4v) is 3.04. The third-order valence-electron chi connectivity index (χ3n) is 4.02. The van der Waals surface area contributed by atoms with Crippen molar-refractivity contribution in [2.45, 2.75) is 38.1 Å². The van der Waals surface area contributed by atoms with Crippen LogP contribution >= 0.6 is 11.8 Å². The van der Waals surface area contributed by atoms with Crippen LogP contribution in [0.15, 0.2) is 29.4 Å². The van der Waals surface area contributed by atoms with Crippen molar-refractivity contribution in [3.05, 3.63) is 47.0 Å². The van der Waals surface area contributed by atoms with E-state index in [0.29, 0.717) is 10.9 Å². The number of hydrogen-bond acceptors (Lipinski definition) is 5. The summed E-state index contributed by atoms with van der Waals surface area (Å²) in [5, 5.41) is 6.96. The molecule has 0 aliphatic carbocycles. The molecule has 1 unspecified atom stereocenters. The van der Waals surface area contributed by atoms with Gasteiger partial charge in [0.25, 0.3) is 5.78 Å². The number of carbonyl (C=O) groups excluding carboxylic acids is 1. The van der Waals surface area contributed by atoms with Gasteiger partial charge in [-0.2, -0.15) is 4.98 Å². The van der Waals surface area contributed by atoms with E-state index in [0.717, 1.165) is 17.0 Å². The first kappa shape index (κ1) is 17.3. The van der Waals surface area contributed by atoms with Crippen LogP contribution in [-0.4, -0.2) is 30.7 Å². The quantitative estimate of drug-likeness (QED) is 0.724. The summed E-state index contributed by atoms with van der Waals surface area (Å²) in [5.74, 6) is -0.277. The number of halogens is 1. The lowest BCUT2D eigenvalue weighted by molar-refractivity contribution is -0.115. The Labute approximate surface area is 148 Å². The van der Waals surface area contributed by atoms with E-state index in [2.05, 4.69) is 20.4 Å². The lowest BCUT2D eigenvalue weighted by atomic mass is 10.2. The number of hydrogen-bond donors (Lipinski definition) is 1. The van der Waals surface area contributed by atoms with Crippen LogP contribution in [0, 0.1) is 26.6 Å². The van der Waals surface area contributed by atoms with Gasteiger partial charge in [-0.1, -0.05) is 23.9 Å². The van der Waals surface area contributed by atoms with E-state index >= 15 is 0 Å². The highest BCUT2D eigenvalue weighted by Gasteiger charge is 2.19. The number of fused-ring (bicyclic) bond motifs is 1. The fraction of sp³-hybridized carbons (Fsp3) is 0.294. The number of benzene rings is 1. The summed E-state index contributed by atoms with van der Waals surface area (Å²) in [5.41, 5.74) is 3.08. The van der Waals surface area contributed by atoms with E-state index in [1.165, 1.54) is 23.9 Å². The van der Waals surface area contributed by atoms with Crippen molar-refractivity contribution in [2.75, 3.05) is 5.32 Å². The molecule has 1 aromatic carbocycles. The van der Waals surface area contributed by atoms with Crippen molar-refractivity contribution in [3.8, 4) is 0 Å². The molecule has 0 saturated heterocycles. The second-order valence-electron chi connectivity index (χ2n) is 5.74. The summed E-state index contributed by atoms with van der Waals surface area (Å²) in [7, 11) is 0. The summed E-state index contributed by atoms with van der Waals surface area (Å²) >= 11 is 1.21. The minimum atomic E-state index is -0.487. The van der Waals surface area contributed by atoms with Gasteiger partial charge >= 0.3 is 0 Å². The Morgan fingerprint density at radius 3 is 2.68 bits per heavy atom. The highest BCUT2D eigenvalue weighted by molar-refractivity contribution is 8.00. The van der Waals surface area contributed by atoms with E-state index in [1.54, 1.807) is 23.6 Å². The van der Waals surface area contributed by atoms with Crippen LogP contribution in [0.3, 0.4) is 0 Å². The Hall–Kier alpha value is -2.48. The van der Waals surface area contributed by atoms with Crippen molar-refractivity contribution in [1.82, 2.24) is 19.6 Å². The van der Waals surface area contributed by atoms with Crippen LogP contribution in [0.4, 0.5) is 10.1 Å². The van der Waals surface area contributed by atoms with Gasteiger partial charge in [-0.05, 0) is 45.4 Å². The summed E-state index contributed by atoms with van der Waals surface area (Å²) in [6.45, 7) is 7.59. The van der Waals surface area contributed by atoms with Gasteiger partial charge in [0.15, 0.2) is 0 Å². The lowest BCUT2D eigenvalue weighted by Crippen LogP contribution is -2.23. The number of amides is 1. The topological polar surface area (TPSA) is 72.2 Å². The molecule has 2 heterocycles. The van der Waals surface area contributed by atoms with Crippen molar-refractivity contribution < 1.29 is 9.18 Å². The normalized spacial score (nSPS) is 12.4. The molecule has 0 radical (unpaired) electrons. The van der Waals surface area contributed by atoms with Crippen LogP contribution < -0.4 is 5.32 Å². The molecular formula is C17H18FN5OS. The Balaban J connectivity index is 1.77. The van der Waals surface area contributed by atoms with Crippen LogP contribution in [0.25, 0.3) is 5.78 Å². The van der Waals surface area contributed by atoms with Gasteiger partial charge in [-0.25, -0.2) is 13.9 Å². The van der Waals surface area contributed by atoms with Crippen molar-refractivity contribution in [2.24, 2.45) is 0 Å². The van der Waals surface area contributed by atoms with Crippen LogP contribution in [0.5, 0.6) is 0 Å². The number of carbonyl (C=O) groups is 1. The molecule has 25 heavy (non-hydrogen) atoms. The van der Waals surface area contributed by atoms with E-state index in [1.807, 2.05) is 20.8 Å². The van der Waals surface area contributed by atoms with E-state index < -0.39 is 11.1 Å². The highest BCUT2D eigenvalue weighted by atomic mass is 32.2. The van der Waals surface area contributed by atoms with Gasteiger partial charge in [0.05, 0.1) is 10.9 Å². The molecule has 1 atom stereocenters. The van der Waals surface area contributed by atoms with Crippen LogP contribution in [0.1, 0.15) is 23.9 Å². The standard InChI is InChI=1S/C17H18FN5OS/c1-9-10(2)19-16-21-17(22-23(16)11(9)3)25-12(4)15(24)20-14-8-6-5-7-13(14)18/h5-8,12H,1-4H3,(H,20,24). The number of rotatable bonds is 4. The van der Waals surface area contributed by atoms with Crippen molar-refractivity contribution in [3.63, 3.8) is 0 Å². The summed E-state index contributed by atoms with van der Waals surface area (Å²) in [6, 6.07) is 6.06. The van der Waals surface area contributed by atoms with Gasteiger partial charge in [0.1, 0.15) is 5.82 Å². The van der Waals surface area contributed by atoms with E-state index in [4.69, 9.17) is 0 Å². The molecule has 0 saturated carbocycles. The summed E-state index contributed by atoms with van der Waals surface area (Å²) in [6.07, 6.45) is 0. The average Bonchev–Trinajstić information content (AvgIpc) is 2.97. The minimum Gasteiger partial charge on any atom is -0.323 e. The number of aryl methyl sites for hydroxylation is 2. The molecule has 1 N–H and O–H groups in total. The van der Waals surface area contributed by atoms with Crippen molar-refractivity contribution in [1.29, 1.82) is 0 Å². The first-order chi connectivity index (χ1) is 11.9. The molecule has 0 bridgehead atoms. The molecule has 2 aromatic heterocycles. The molecule has 3 aromatic rings. The third-order valence-corrected chi connectivity index (χ3v) is 4.98. The molecular weight excluding hydrogens is 341 g/mol. The predicted octanol–water partition coefficient (Wildman–Crippen LogP) is 3.31. The van der Waals surface area contributed by atoms with Crippen LogP contribution in [-0.2, 0) is 4.79 Å². The molecule has 0 spiro atoms. The molecule has 3 rings (SSSR count). The maximum Gasteiger partial charge on any atom is 0.253 e. The molecule has 0 fully saturated rings. The second kappa shape index (κ2) is 6.79. The molecule has 6 nitrogen and oxygen atoms in total. The predicted molar refractivity (Wildman–Crippen MR) is 95.3 cm³/mol. The Morgan fingerprint density at radius 1 is 1.24 bits per heavy atom. The average molecular weight is 359 g/mol. The molecule has 8 heteroatoms. The lowest BCUT2D eigenvalue weighted by Gasteiger charge is -2.10. The van der Waals surface area contributed by atoms with Gasteiger partial charge in [-0.15, -0.1) is 5.10 Å². The Bertz CT molecular complexity index is 956. The van der Waals surface area contributed by atoms with Crippen molar-refractivity contribution >= 4 is 29.1 Å². The van der Waals surface area contributed by atoms with E-state index in [-0.39, 0.29) is 11.6 Å². The minimum absolute atomic E-state index is 0.159. The summed E-state index contributed by atoms with van der Waals surface area (Å²) in [4.78, 5) is 21.1. The highest BCUT2D eigenvalue weighted by Crippen LogP contribution is 2.23. The Morgan fingerprint density at radius 2 is 1.96 bits per heavy atom. The van der Waals surface area contributed by atoms with E-state index in [9.17, 15) is 9.18 Å². The second-order valence-corrected chi connectivity index (χ2v) is 7.05. The maximum atomic E-state index is 13.6. The van der Waals surface area contributed by atoms with Crippen LogP contribution in [0.2, 0.25) is 0 Å². The first-order valence-electron chi connectivity index (χ1n) is 7.79. The largest absolute Gasteiger partial charge is 0.323 e. The SMILES string of the molecule is Cc1nc2nc(SC(C)C(=O)Nc3ccccc3F)nn2c(C)c1C. The molecule has 0 aliphatic heterocycles. The number of aromatic nitrogens is 4. The number of nitrogens with one attached hydrogen (secondary N) is 1. The first-order valence-corrected chi connectivity index (χ1v) is 8.67. The number of thioether (sulfide) groups is 1. The zero-order valence-corrected chi connectivity index (χ0v) is 15.2. The monoisotopic (exact) mass is 359 g/mol. The third kappa shape index (κ3) is 3.48. The number of anilines is 1. The molecule has 0 aliphatic rings. The smallest absolute Gasteiger partial charge is 0.253 e.